The van der Waals surface area contributed by atoms with Gasteiger partial charge in [0, 0.05) is 25.7 Å². The molecule has 0 unspecified atom stereocenters. The van der Waals surface area contributed by atoms with Crippen molar-refractivity contribution in [2.24, 2.45) is 7.05 Å². The molecule has 0 aliphatic carbocycles. The van der Waals surface area contributed by atoms with Gasteiger partial charge in [-0.15, -0.1) is 0 Å². The van der Waals surface area contributed by atoms with Crippen LogP contribution in [0.4, 0.5) is 5.82 Å². The van der Waals surface area contributed by atoms with E-state index in [0.29, 0.717) is 11.4 Å². The van der Waals surface area contributed by atoms with Crippen LogP contribution in [0.25, 0.3) is 28.1 Å². The highest BCUT2D eigenvalue weighted by Gasteiger charge is 2.15. The van der Waals surface area contributed by atoms with Crippen molar-refractivity contribution in [1.29, 1.82) is 5.26 Å². The average Bonchev–Trinajstić information content (AvgIpc) is 3.17. The Morgan fingerprint density at radius 3 is 2.91 bits per heavy atom. The van der Waals surface area contributed by atoms with Crippen LogP contribution in [0.1, 0.15) is 5.56 Å². The zero-order chi connectivity index (χ0) is 16.0. The molecule has 4 rings (SSSR count). The average molecular weight is 303 g/mol. The maximum atomic E-state index is 9.06. The van der Waals surface area contributed by atoms with Crippen LogP contribution >= 0.6 is 0 Å². The second kappa shape index (κ2) is 4.81. The van der Waals surface area contributed by atoms with Crippen LogP contribution < -0.4 is 5.32 Å². The smallest absolute Gasteiger partial charge is 0.167 e. The number of aryl methyl sites for hydroxylation is 1. The number of rotatable bonds is 2. The maximum absolute atomic E-state index is 9.06. The van der Waals surface area contributed by atoms with Gasteiger partial charge in [0.15, 0.2) is 22.6 Å². The van der Waals surface area contributed by atoms with E-state index in [-0.39, 0.29) is 0 Å². The molecule has 0 atom stereocenters. The van der Waals surface area contributed by atoms with E-state index in [1.54, 1.807) is 16.9 Å². The Hall–Kier alpha value is -3.40. The molecule has 0 saturated carbocycles. The molecule has 7 heteroatoms. The summed E-state index contributed by atoms with van der Waals surface area (Å²) >= 11 is 0. The van der Waals surface area contributed by atoms with Crippen molar-refractivity contribution in [1.82, 2.24) is 24.1 Å². The molecule has 1 N–H and O–H groups in total. The van der Waals surface area contributed by atoms with E-state index in [1.807, 2.05) is 42.9 Å². The van der Waals surface area contributed by atoms with Gasteiger partial charge in [-0.3, -0.25) is 0 Å². The van der Waals surface area contributed by atoms with Gasteiger partial charge < -0.3 is 9.88 Å². The summed E-state index contributed by atoms with van der Waals surface area (Å²) in [6, 6.07) is 11.4. The van der Waals surface area contributed by atoms with Crippen LogP contribution in [0.3, 0.4) is 0 Å². The second-order valence-corrected chi connectivity index (χ2v) is 5.23. The van der Waals surface area contributed by atoms with Crippen molar-refractivity contribution in [2.75, 3.05) is 12.4 Å². The number of hydrogen-bond acceptors (Lipinski definition) is 5. The van der Waals surface area contributed by atoms with Gasteiger partial charge in [0.05, 0.1) is 23.7 Å². The molecule has 7 nitrogen and oxygen atoms in total. The first-order valence-corrected chi connectivity index (χ1v) is 7.10. The van der Waals surface area contributed by atoms with E-state index in [1.165, 1.54) is 0 Å². The Morgan fingerprint density at radius 1 is 1.26 bits per heavy atom. The molecule has 0 aliphatic rings. The number of nitrogens with zero attached hydrogens (tertiary/aromatic N) is 6. The summed E-state index contributed by atoms with van der Waals surface area (Å²) in [7, 11) is 3.74. The van der Waals surface area contributed by atoms with Crippen LogP contribution in [0.2, 0.25) is 0 Å². The van der Waals surface area contributed by atoms with E-state index in [0.717, 1.165) is 28.1 Å². The Morgan fingerprint density at radius 2 is 2.13 bits per heavy atom. The van der Waals surface area contributed by atoms with E-state index >= 15 is 0 Å². The number of benzene rings is 1. The van der Waals surface area contributed by atoms with Gasteiger partial charge in [0.25, 0.3) is 0 Å². The SMILES string of the molecule is CNc1nc2cc(-c3cccc(C#N)c3)nn2c2c1ncn2C. The lowest BCUT2D eigenvalue weighted by Gasteiger charge is -2.03. The molecular formula is C16H13N7. The van der Waals surface area contributed by atoms with Crippen LogP contribution in [0.5, 0.6) is 0 Å². The van der Waals surface area contributed by atoms with Crippen LogP contribution in [0.15, 0.2) is 36.7 Å². The van der Waals surface area contributed by atoms with Crippen molar-refractivity contribution in [3.05, 3.63) is 42.2 Å². The van der Waals surface area contributed by atoms with Crippen molar-refractivity contribution in [3.8, 4) is 17.3 Å². The highest BCUT2D eigenvalue weighted by atomic mass is 15.3. The summed E-state index contributed by atoms with van der Waals surface area (Å²) in [5, 5.41) is 16.8. The molecule has 1 aromatic carbocycles. The molecule has 4 aromatic rings. The highest BCUT2D eigenvalue weighted by molar-refractivity contribution is 5.86. The molecule has 0 amide bonds. The van der Waals surface area contributed by atoms with Crippen molar-refractivity contribution >= 4 is 22.6 Å². The fourth-order valence-electron chi connectivity index (χ4n) is 2.68. The number of hydrogen-bond donors (Lipinski definition) is 1. The molecule has 0 bridgehead atoms. The minimum absolute atomic E-state index is 0.606. The van der Waals surface area contributed by atoms with Crippen LogP contribution in [-0.4, -0.2) is 31.2 Å². The van der Waals surface area contributed by atoms with Gasteiger partial charge in [-0.2, -0.15) is 14.9 Å². The Labute approximate surface area is 131 Å². The van der Waals surface area contributed by atoms with Gasteiger partial charge in [-0.25, -0.2) is 9.97 Å². The second-order valence-electron chi connectivity index (χ2n) is 5.23. The standard InChI is InChI=1S/C16H13N7/c1-18-15-14-16(22(2)9-19-14)23-13(20-15)7-12(21-23)11-5-3-4-10(6-11)8-17/h3-7,9H,1-2H3,(H,18,20). The minimum atomic E-state index is 0.606. The molecule has 0 aliphatic heterocycles. The van der Waals surface area contributed by atoms with Crippen LogP contribution in [0, 0.1) is 11.3 Å². The number of nitriles is 1. The molecule has 0 spiro atoms. The first-order chi connectivity index (χ1) is 11.2. The third-order valence-electron chi connectivity index (χ3n) is 3.77. The lowest BCUT2D eigenvalue weighted by Crippen LogP contribution is -2.01. The van der Waals surface area contributed by atoms with Crippen molar-refractivity contribution < 1.29 is 0 Å². The molecule has 0 fully saturated rings. The number of anilines is 1. The Bertz CT molecular complexity index is 1080. The first kappa shape index (κ1) is 13.3. The van der Waals surface area contributed by atoms with Crippen LogP contribution in [-0.2, 0) is 7.05 Å². The minimum Gasteiger partial charge on any atom is -0.371 e. The summed E-state index contributed by atoms with van der Waals surface area (Å²) in [6.07, 6.45) is 1.74. The van der Waals surface area contributed by atoms with Gasteiger partial charge in [0.2, 0.25) is 0 Å². The van der Waals surface area contributed by atoms with Gasteiger partial charge in [-0.1, -0.05) is 12.1 Å². The molecule has 0 saturated heterocycles. The fraction of sp³-hybridized carbons (Fsp3) is 0.125. The molecule has 112 valence electrons. The summed E-state index contributed by atoms with van der Waals surface area (Å²) in [5.41, 5.74) is 4.61. The third-order valence-corrected chi connectivity index (χ3v) is 3.77. The molecule has 0 radical (unpaired) electrons. The molecular weight excluding hydrogens is 290 g/mol. The molecule has 23 heavy (non-hydrogen) atoms. The largest absolute Gasteiger partial charge is 0.371 e. The predicted molar refractivity (Wildman–Crippen MR) is 87.0 cm³/mol. The molecule has 3 aromatic heterocycles. The first-order valence-electron chi connectivity index (χ1n) is 7.10. The highest BCUT2D eigenvalue weighted by Crippen LogP contribution is 2.25. The van der Waals surface area contributed by atoms with Crippen molar-refractivity contribution in [3.63, 3.8) is 0 Å². The lowest BCUT2D eigenvalue weighted by atomic mass is 10.1. The lowest BCUT2D eigenvalue weighted by molar-refractivity contribution is 0.876. The summed E-state index contributed by atoms with van der Waals surface area (Å²) in [4.78, 5) is 8.96. The van der Waals surface area contributed by atoms with E-state index in [2.05, 4.69) is 26.5 Å². The Kier molecular flexibility index (Phi) is 2.78. The summed E-state index contributed by atoms with van der Waals surface area (Å²) < 4.78 is 3.69. The summed E-state index contributed by atoms with van der Waals surface area (Å²) in [6.45, 7) is 0. The fourth-order valence-corrected chi connectivity index (χ4v) is 2.68. The Balaban J connectivity index is 2.02. The monoisotopic (exact) mass is 303 g/mol. The number of aromatic nitrogens is 5. The normalized spacial score (nSPS) is 11.0. The third kappa shape index (κ3) is 1.92. The number of imidazole rings is 1. The van der Waals surface area contributed by atoms with E-state index in [4.69, 9.17) is 5.26 Å². The van der Waals surface area contributed by atoms with Gasteiger partial charge >= 0.3 is 0 Å². The predicted octanol–water partition coefficient (Wildman–Crippen LogP) is 2.20. The number of fused-ring (bicyclic) bond motifs is 3. The quantitative estimate of drug-likeness (QED) is 0.613. The van der Waals surface area contributed by atoms with E-state index in [9.17, 15) is 0 Å². The van der Waals surface area contributed by atoms with Gasteiger partial charge in [-0.05, 0) is 12.1 Å². The summed E-state index contributed by atoms with van der Waals surface area (Å²) in [5.74, 6) is 0.713. The zero-order valence-corrected chi connectivity index (χ0v) is 12.6. The zero-order valence-electron chi connectivity index (χ0n) is 12.6. The van der Waals surface area contributed by atoms with Gasteiger partial charge in [0.1, 0.15) is 0 Å². The maximum Gasteiger partial charge on any atom is 0.167 e. The molecule has 3 heterocycles. The number of nitrogens with one attached hydrogen (secondary N) is 1. The van der Waals surface area contributed by atoms with E-state index < -0.39 is 0 Å². The van der Waals surface area contributed by atoms with Crippen molar-refractivity contribution in [2.45, 2.75) is 0 Å². The topological polar surface area (TPSA) is 83.8 Å².